The van der Waals surface area contributed by atoms with Crippen LogP contribution in [0.1, 0.15) is 18.4 Å². The zero-order valence-electron chi connectivity index (χ0n) is 12.0. The maximum absolute atomic E-state index is 5.68. The maximum atomic E-state index is 5.68. The second-order valence-corrected chi connectivity index (χ2v) is 5.50. The standard InChI is InChI=1S/C15H16N4OS/c1-3-16-13-8-10(2)17-14(19-13)9-21-15-18-11-6-4-5-7-12(11)20-15/h4-8H,3,9H2,1-2H3,(H,16,17,19). The van der Waals surface area contributed by atoms with Crippen molar-refractivity contribution in [2.75, 3.05) is 11.9 Å². The molecule has 0 saturated heterocycles. The Hall–Kier alpha value is -2.08. The van der Waals surface area contributed by atoms with Crippen LogP contribution >= 0.6 is 11.8 Å². The molecule has 0 unspecified atom stereocenters. The first-order valence-corrected chi connectivity index (χ1v) is 7.80. The Bertz CT molecular complexity index is 723. The van der Waals surface area contributed by atoms with E-state index in [0.717, 1.165) is 35.0 Å². The minimum atomic E-state index is 0.632. The van der Waals surface area contributed by atoms with E-state index in [2.05, 4.69) is 20.3 Å². The fourth-order valence-corrected chi connectivity index (χ4v) is 2.70. The van der Waals surface area contributed by atoms with E-state index in [1.54, 1.807) is 0 Å². The molecular weight excluding hydrogens is 284 g/mol. The summed E-state index contributed by atoms with van der Waals surface area (Å²) in [4.78, 5) is 13.4. The number of fused-ring (bicyclic) bond motifs is 1. The monoisotopic (exact) mass is 300 g/mol. The van der Waals surface area contributed by atoms with Crippen molar-refractivity contribution in [2.24, 2.45) is 0 Å². The first-order chi connectivity index (χ1) is 10.2. The maximum Gasteiger partial charge on any atom is 0.257 e. The lowest BCUT2D eigenvalue weighted by Gasteiger charge is -2.05. The topological polar surface area (TPSA) is 63.8 Å². The molecule has 0 radical (unpaired) electrons. The van der Waals surface area contributed by atoms with E-state index in [4.69, 9.17) is 4.42 Å². The van der Waals surface area contributed by atoms with Gasteiger partial charge in [0.15, 0.2) is 5.58 Å². The van der Waals surface area contributed by atoms with E-state index in [-0.39, 0.29) is 0 Å². The highest BCUT2D eigenvalue weighted by molar-refractivity contribution is 7.98. The number of aryl methyl sites for hydroxylation is 1. The third kappa shape index (κ3) is 3.33. The van der Waals surface area contributed by atoms with Gasteiger partial charge in [0.2, 0.25) is 0 Å². The van der Waals surface area contributed by atoms with Crippen molar-refractivity contribution in [1.82, 2.24) is 15.0 Å². The van der Waals surface area contributed by atoms with Crippen LogP contribution in [0.15, 0.2) is 40.0 Å². The number of hydrogen-bond donors (Lipinski definition) is 1. The Morgan fingerprint density at radius 3 is 2.86 bits per heavy atom. The summed E-state index contributed by atoms with van der Waals surface area (Å²) in [6.45, 7) is 4.86. The molecule has 3 rings (SSSR count). The van der Waals surface area contributed by atoms with Crippen LogP contribution in [0.5, 0.6) is 0 Å². The molecule has 2 heterocycles. The second kappa shape index (κ2) is 6.13. The fraction of sp³-hybridized carbons (Fsp3) is 0.267. The number of rotatable bonds is 5. The van der Waals surface area contributed by atoms with E-state index < -0.39 is 0 Å². The van der Waals surface area contributed by atoms with E-state index in [1.165, 1.54) is 11.8 Å². The van der Waals surface area contributed by atoms with Gasteiger partial charge in [-0.2, -0.15) is 0 Å². The highest BCUT2D eigenvalue weighted by Gasteiger charge is 2.08. The van der Waals surface area contributed by atoms with Crippen LogP contribution in [0.3, 0.4) is 0 Å². The fourth-order valence-electron chi connectivity index (χ4n) is 2.01. The number of thioether (sulfide) groups is 1. The lowest BCUT2D eigenvalue weighted by atomic mass is 10.3. The van der Waals surface area contributed by atoms with Gasteiger partial charge in [0, 0.05) is 18.3 Å². The summed E-state index contributed by atoms with van der Waals surface area (Å²) in [5.41, 5.74) is 2.63. The first kappa shape index (κ1) is 13.9. The summed E-state index contributed by atoms with van der Waals surface area (Å²) < 4.78 is 5.68. The molecule has 0 amide bonds. The van der Waals surface area contributed by atoms with Gasteiger partial charge in [-0.1, -0.05) is 23.9 Å². The van der Waals surface area contributed by atoms with Crippen molar-refractivity contribution in [1.29, 1.82) is 0 Å². The van der Waals surface area contributed by atoms with Crippen LogP contribution in [0.4, 0.5) is 5.82 Å². The van der Waals surface area contributed by atoms with Crippen molar-refractivity contribution in [2.45, 2.75) is 24.8 Å². The molecule has 108 valence electrons. The molecule has 0 aliphatic carbocycles. The smallest absolute Gasteiger partial charge is 0.257 e. The van der Waals surface area contributed by atoms with E-state index in [9.17, 15) is 0 Å². The van der Waals surface area contributed by atoms with E-state index in [1.807, 2.05) is 44.2 Å². The molecule has 0 fully saturated rings. The van der Waals surface area contributed by atoms with Gasteiger partial charge < -0.3 is 9.73 Å². The van der Waals surface area contributed by atoms with Crippen LogP contribution in [0.25, 0.3) is 11.1 Å². The Morgan fingerprint density at radius 1 is 1.19 bits per heavy atom. The predicted molar refractivity (Wildman–Crippen MR) is 84.5 cm³/mol. The lowest BCUT2D eigenvalue weighted by molar-refractivity contribution is 0.489. The molecule has 21 heavy (non-hydrogen) atoms. The lowest BCUT2D eigenvalue weighted by Crippen LogP contribution is -2.04. The van der Waals surface area contributed by atoms with Crippen molar-refractivity contribution in [3.05, 3.63) is 41.9 Å². The Morgan fingerprint density at radius 2 is 2.05 bits per heavy atom. The zero-order valence-corrected chi connectivity index (χ0v) is 12.8. The second-order valence-electron chi connectivity index (χ2n) is 4.58. The predicted octanol–water partition coefficient (Wildman–Crippen LogP) is 3.65. The van der Waals surface area contributed by atoms with Gasteiger partial charge in [0.1, 0.15) is 17.2 Å². The molecule has 0 aliphatic rings. The molecule has 6 heteroatoms. The SMILES string of the molecule is CCNc1cc(C)nc(CSc2nc3ccccc3o2)n1. The summed E-state index contributed by atoms with van der Waals surface area (Å²) in [6.07, 6.45) is 0. The summed E-state index contributed by atoms with van der Waals surface area (Å²) in [6, 6.07) is 9.69. The molecule has 0 atom stereocenters. The molecule has 0 bridgehead atoms. The third-order valence-corrected chi connectivity index (χ3v) is 3.68. The van der Waals surface area contributed by atoms with Crippen LogP contribution in [0.2, 0.25) is 0 Å². The van der Waals surface area contributed by atoms with Crippen molar-refractivity contribution in [3.8, 4) is 0 Å². The summed E-state index contributed by atoms with van der Waals surface area (Å²) >= 11 is 1.50. The first-order valence-electron chi connectivity index (χ1n) is 6.81. The quantitative estimate of drug-likeness (QED) is 0.726. The van der Waals surface area contributed by atoms with Crippen LogP contribution in [-0.2, 0) is 5.75 Å². The van der Waals surface area contributed by atoms with Crippen LogP contribution < -0.4 is 5.32 Å². The van der Waals surface area contributed by atoms with Gasteiger partial charge in [0.25, 0.3) is 5.22 Å². The molecule has 3 aromatic rings. The van der Waals surface area contributed by atoms with E-state index in [0.29, 0.717) is 11.0 Å². The molecule has 5 nitrogen and oxygen atoms in total. The Kier molecular flexibility index (Phi) is 4.06. The number of anilines is 1. The molecule has 0 spiro atoms. The average Bonchev–Trinajstić information content (AvgIpc) is 2.88. The molecule has 0 saturated carbocycles. The normalized spacial score (nSPS) is 11.0. The number of oxazole rings is 1. The summed E-state index contributed by atoms with van der Waals surface area (Å²) in [5.74, 6) is 2.27. The number of benzene rings is 1. The molecule has 1 N–H and O–H groups in total. The minimum Gasteiger partial charge on any atom is -0.431 e. The number of para-hydroxylation sites is 2. The number of hydrogen-bond acceptors (Lipinski definition) is 6. The summed E-state index contributed by atoms with van der Waals surface area (Å²) in [7, 11) is 0. The Labute approximate surface area is 127 Å². The van der Waals surface area contributed by atoms with Crippen molar-refractivity contribution >= 4 is 28.7 Å². The van der Waals surface area contributed by atoms with E-state index >= 15 is 0 Å². The number of nitrogens with zero attached hydrogens (tertiary/aromatic N) is 3. The average molecular weight is 300 g/mol. The van der Waals surface area contributed by atoms with Gasteiger partial charge in [-0.25, -0.2) is 15.0 Å². The number of nitrogens with one attached hydrogen (secondary N) is 1. The molecule has 1 aromatic carbocycles. The summed E-state index contributed by atoms with van der Waals surface area (Å²) in [5, 5.41) is 3.85. The largest absolute Gasteiger partial charge is 0.431 e. The van der Waals surface area contributed by atoms with Crippen LogP contribution in [-0.4, -0.2) is 21.5 Å². The molecule has 0 aliphatic heterocycles. The van der Waals surface area contributed by atoms with Crippen molar-refractivity contribution in [3.63, 3.8) is 0 Å². The zero-order chi connectivity index (χ0) is 14.7. The number of aromatic nitrogens is 3. The molecular formula is C15H16N4OS. The van der Waals surface area contributed by atoms with Crippen LogP contribution in [0, 0.1) is 6.92 Å². The third-order valence-electron chi connectivity index (χ3n) is 2.86. The van der Waals surface area contributed by atoms with Gasteiger partial charge in [0.05, 0.1) is 5.75 Å². The molecule has 2 aromatic heterocycles. The highest BCUT2D eigenvalue weighted by atomic mass is 32.2. The van der Waals surface area contributed by atoms with Gasteiger partial charge in [-0.3, -0.25) is 0 Å². The van der Waals surface area contributed by atoms with Gasteiger partial charge >= 0.3 is 0 Å². The van der Waals surface area contributed by atoms with Gasteiger partial charge in [-0.05, 0) is 26.0 Å². The Balaban J connectivity index is 1.74. The van der Waals surface area contributed by atoms with Gasteiger partial charge in [-0.15, -0.1) is 0 Å². The minimum absolute atomic E-state index is 0.632. The highest BCUT2D eigenvalue weighted by Crippen LogP contribution is 2.25. The van der Waals surface area contributed by atoms with Crippen molar-refractivity contribution < 1.29 is 4.42 Å².